The average Bonchev–Trinajstić information content (AvgIpc) is 2.84. The quantitative estimate of drug-likeness (QED) is 0.133. The van der Waals surface area contributed by atoms with Crippen molar-refractivity contribution < 1.29 is 28.5 Å². The molecule has 1 rings (SSSR count). The molecule has 10 heteroatoms. The molecule has 35 heavy (non-hydrogen) atoms. The van der Waals surface area contributed by atoms with Crippen LogP contribution >= 0.6 is 0 Å². The highest BCUT2D eigenvalue weighted by atomic mass is 16.6. The first-order valence-electron chi connectivity index (χ1n) is 11.9. The molecule has 1 atom stereocenters. The predicted octanol–water partition coefficient (Wildman–Crippen LogP) is 0.657. The van der Waals surface area contributed by atoms with E-state index in [4.69, 9.17) is 24.7 Å². The van der Waals surface area contributed by atoms with Crippen LogP contribution in [0.5, 0.6) is 5.75 Å². The summed E-state index contributed by atoms with van der Waals surface area (Å²) in [6, 6.07) is 7.23. The summed E-state index contributed by atoms with van der Waals surface area (Å²) in [6.07, 6.45) is 0.115. The summed E-state index contributed by atoms with van der Waals surface area (Å²) in [6.45, 7) is 8.91. The minimum atomic E-state index is -0.681. The van der Waals surface area contributed by atoms with Gasteiger partial charge in [-0.15, -0.1) is 5.92 Å². The molecule has 0 radical (unpaired) electrons. The second-order valence-corrected chi connectivity index (χ2v) is 7.78. The lowest BCUT2D eigenvalue weighted by Gasteiger charge is -2.15. The van der Waals surface area contributed by atoms with Crippen LogP contribution < -0.4 is 26.4 Å². The van der Waals surface area contributed by atoms with Gasteiger partial charge in [-0.3, -0.25) is 9.59 Å². The highest BCUT2D eigenvalue weighted by molar-refractivity contribution is 5.94. The highest BCUT2D eigenvalue weighted by Gasteiger charge is 2.09. The molecular formula is C25H40N4O6. The molecule has 0 aromatic heterocycles. The van der Waals surface area contributed by atoms with E-state index in [1.165, 1.54) is 0 Å². The van der Waals surface area contributed by atoms with Crippen LogP contribution in [0.2, 0.25) is 0 Å². The van der Waals surface area contributed by atoms with Crippen LogP contribution in [0.25, 0.3) is 0 Å². The Kier molecular flexibility index (Phi) is 17.0. The van der Waals surface area contributed by atoms with Crippen LogP contribution in [0.4, 0.5) is 0 Å². The lowest BCUT2D eigenvalue weighted by Crippen LogP contribution is -2.34. The first-order chi connectivity index (χ1) is 16.9. The van der Waals surface area contributed by atoms with Gasteiger partial charge in [0.15, 0.2) is 0 Å². The smallest absolute Gasteiger partial charge is 0.251 e. The summed E-state index contributed by atoms with van der Waals surface area (Å²) in [5, 5.41) is 8.79. The molecule has 0 aliphatic heterocycles. The number of nitrogens with two attached hydrogens (primary N) is 1. The van der Waals surface area contributed by atoms with E-state index in [0.29, 0.717) is 50.2 Å². The molecule has 1 aromatic rings. The average molecular weight is 493 g/mol. The molecule has 2 amide bonds. The standard InChI is InChI=1S/C25H40N4O6/c1-4-5-6-13-32-14-12-28-24(30)19-33-15-16-34-23(26)18-35-22-9-7-8-21(17-22)25(31)29-11-10-27-20(2)3/h7-9,17,20,23,27H,4,10-16,18-19,26H2,1-3H3,(H,28,30)(H,29,31). The number of hydrogen-bond donors (Lipinski definition) is 4. The van der Waals surface area contributed by atoms with Gasteiger partial charge in [-0.05, 0) is 18.2 Å². The number of carbonyl (C=O) groups excluding carboxylic acids is 2. The fraction of sp³-hybridized carbons (Fsp3) is 0.600. The van der Waals surface area contributed by atoms with Crippen molar-refractivity contribution in [2.45, 2.75) is 39.5 Å². The fourth-order valence-electron chi connectivity index (χ4n) is 2.63. The third-order valence-corrected chi connectivity index (χ3v) is 4.31. The van der Waals surface area contributed by atoms with E-state index in [1.807, 2.05) is 20.8 Å². The van der Waals surface area contributed by atoms with Gasteiger partial charge in [-0.1, -0.05) is 32.8 Å². The molecule has 5 N–H and O–H groups in total. The van der Waals surface area contributed by atoms with Crippen LogP contribution in [0.1, 0.15) is 37.6 Å². The minimum Gasteiger partial charge on any atom is -0.489 e. The van der Waals surface area contributed by atoms with Crippen molar-refractivity contribution in [2.75, 3.05) is 59.3 Å². The molecule has 0 aliphatic rings. The van der Waals surface area contributed by atoms with Gasteiger partial charge >= 0.3 is 0 Å². The van der Waals surface area contributed by atoms with Crippen molar-refractivity contribution in [3.05, 3.63) is 29.8 Å². The number of carbonyl (C=O) groups is 2. The number of amides is 2. The molecule has 0 saturated carbocycles. The summed E-state index contributed by atoms with van der Waals surface area (Å²) in [7, 11) is 0. The third-order valence-electron chi connectivity index (χ3n) is 4.31. The van der Waals surface area contributed by atoms with Gasteiger partial charge in [-0.25, -0.2) is 0 Å². The molecule has 0 saturated heterocycles. The van der Waals surface area contributed by atoms with Gasteiger partial charge in [0.05, 0.1) is 19.8 Å². The van der Waals surface area contributed by atoms with Gasteiger partial charge in [0.2, 0.25) is 5.91 Å². The van der Waals surface area contributed by atoms with E-state index in [1.54, 1.807) is 24.3 Å². The number of nitrogens with one attached hydrogen (secondary N) is 3. The summed E-state index contributed by atoms with van der Waals surface area (Å²) in [5.41, 5.74) is 6.40. The van der Waals surface area contributed by atoms with E-state index in [2.05, 4.69) is 27.8 Å². The molecule has 0 spiro atoms. The van der Waals surface area contributed by atoms with Gasteiger partial charge in [-0.2, -0.15) is 0 Å². The molecule has 0 heterocycles. The Labute approximate surface area is 208 Å². The van der Waals surface area contributed by atoms with Crippen LogP contribution in [-0.4, -0.2) is 83.4 Å². The number of rotatable bonds is 18. The van der Waals surface area contributed by atoms with E-state index < -0.39 is 6.23 Å². The first-order valence-corrected chi connectivity index (χ1v) is 11.9. The van der Waals surface area contributed by atoms with Crippen LogP contribution in [-0.2, 0) is 19.0 Å². The molecule has 0 fully saturated rings. The van der Waals surface area contributed by atoms with Gasteiger partial charge in [0, 0.05) is 37.7 Å². The van der Waals surface area contributed by atoms with Crippen molar-refractivity contribution in [1.82, 2.24) is 16.0 Å². The zero-order valence-electron chi connectivity index (χ0n) is 21.1. The van der Waals surface area contributed by atoms with Crippen molar-refractivity contribution in [3.8, 4) is 17.6 Å². The van der Waals surface area contributed by atoms with Crippen LogP contribution in [0, 0.1) is 11.8 Å². The third kappa shape index (κ3) is 16.6. The van der Waals surface area contributed by atoms with E-state index >= 15 is 0 Å². The second kappa shape index (κ2) is 19.6. The summed E-state index contributed by atoms with van der Waals surface area (Å²) >= 11 is 0. The van der Waals surface area contributed by atoms with E-state index in [-0.39, 0.29) is 38.2 Å². The minimum absolute atomic E-state index is 0.0763. The lowest BCUT2D eigenvalue weighted by molar-refractivity contribution is -0.126. The Morgan fingerprint density at radius 2 is 1.86 bits per heavy atom. The number of hydrogen-bond acceptors (Lipinski definition) is 8. The Morgan fingerprint density at radius 1 is 1.03 bits per heavy atom. The molecule has 1 unspecified atom stereocenters. The Hall–Kier alpha value is -2.68. The zero-order chi connectivity index (χ0) is 25.7. The predicted molar refractivity (Wildman–Crippen MR) is 134 cm³/mol. The second-order valence-electron chi connectivity index (χ2n) is 7.78. The van der Waals surface area contributed by atoms with Crippen molar-refractivity contribution in [1.29, 1.82) is 0 Å². The first kappa shape index (κ1) is 30.4. The Balaban J connectivity index is 2.13. The van der Waals surface area contributed by atoms with Crippen molar-refractivity contribution in [2.24, 2.45) is 5.73 Å². The summed E-state index contributed by atoms with van der Waals surface area (Å²) in [4.78, 5) is 23.9. The monoisotopic (exact) mass is 492 g/mol. The molecule has 0 bridgehead atoms. The van der Waals surface area contributed by atoms with Crippen molar-refractivity contribution in [3.63, 3.8) is 0 Å². The molecule has 10 nitrogen and oxygen atoms in total. The maximum atomic E-state index is 12.3. The zero-order valence-corrected chi connectivity index (χ0v) is 21.1. The number of benzene rings is 1. The molecular weight excluding hydrogens is 452 g/mol. The van der Waals surface area contributed by atoms with Gasteiger partial charge in [0.25, 0.3) is 5.91 Å². The molecule has 196 valence electrons. The topological polar surface area (TPSA) is 133 Å². The van der Waals surface area contributed by atoms with Crippen LogP contribution in [0.15, 0.2) is 24.3 Å². The fourth-order valence-corrected chi connectivity index (χ4v) is 2.63. The van der Waals surface area contributed by atoms with Gasteiger partial charge in [0.1, 0.15) is 31.8 Å². The maximum absolute atomic E-state index is 12.3. The van der Waals surface area contributed by atoms with Crippen LogP contribution in [0.3, 0.4) is 0 Å². The SMILES string of the molecule is CCC#CCOCCNC(=O)COCCOC(N)COc1cccc(C(=O)NCCNC(C)C)c1. The summed E-state index contributed by atoms with van der Waals surface area (Å²) < 4.78 is 21.6. The number of ether oxygens (including phenoxy) is 4. The Bertz CT molecular complexity index is 794. The molecule has 0 aliphatic carbocycles. The highest BCUT2D eigenvalue weighted by Crippen LogP contribution is 2.13. The lowest BCUT2D eigenvalue weighted by atomic mass is 10.2. The largest absolute Gasteiger partial charge is 0.489 e. The van der Waals surface area contributed by atoms with Crippen molar-refractivity contribution >= 4 is 11.8 Å². The normalized spacial score (nSPS) is 11.5. The van der Waals surface area contributed by atoms with Gasteiger partial charge < -0.3 is 40.6 Å². The Morgan fingerprint density at radius 3 is 2.63 bits per heavy atom. The molecule has 1 aromatic carbocycles. The summed E-state index contributed by atoms with van der Waals surface area (Å²) in [5.74, 6) is 5.87. The maximum Gasteiger partial charge on any atom is 0.251 e. The van der Waals surface area contributed by atoms with E-state index in [9.17, 15) is 9.59 Å². The van der Waals surface area contributed by atoms with E-state index in [0.717, 1.165) is 6.42 Å².